The van der Waals surface area contributed by atoms with Crippen molar-refractivity contribution in [2.75, 3.05) is 13.7 Å². The molecule has 0 fully saturated rings. The zero-order valence-electron chi connectivity index (χ0n) is 12.9. The van der Waals surface area contributed by atoms with Crippen LogP contribution in [0.3, 0.4) is 0 Å². The Bertz CT molecular complexity index is 779. The number of methoxy groups -OCH3 is 1. The predicted octanol–water partition coefficient (Wildman–Crippen LogP) is 2.59. The molecule has 0 saturated heterocycles. The van der Waals surface area contributed by atoms with E-state index in [1.165, 1.54) is 0 Å². The number of carbonyl (C=O) groups excluding carboxylic acids is 1. The van der Waals surface area contributed by atoms with E-state index < -0.39 is 6.10 Å². The molecule has 0 saturated carbocycles. The van der Waals surface area contributed by atoms with Crippen LogP contribution in [0, 0.1) is 3.57 Å². The van der Waals surface area contributed by atoms with Crippen molar-refractivity contribution < 1.29 is 19.0 Å². The van der Waals surface area contributed by atoms with Crippen molar-refractivity contribution in [2.24, 2.45) is 5.10 Å². The van der Waals surface area contributed by atoms with Crippen LogP contribution < -0.4 is 19.6 Å². The lowest BCUT2D eigenvalue weighted by Gasteiger charge is -2.24. The summed E-state index contributed by atoms with van der Waals surface area (Å²) in [5, 5.41) is 3.97. The number of hydrogen-bond donors (Lipinski definition) is 1. The molecule has 0 radical (unpaired) electrons. The molecule has 7 heteroatoms. The Morgan fingerprint density at radius 1 is 1.33 bits per heavy atom. The maximum atomic E-state index is 12.1. The van der Waals surface area contributed by atoms with Gasteiger partial charge in [0.15, 0.2) is 11.5 Å². The third kappa shape index (κ3) is 3.78. The fraction of sp³-hybridized carbons (Fsp3) is 0.176. The molecule has 1 heterocycles. The normalized spacial score (nSPS) is 16.0. The van der Waals surface area contributed by atoms with Gasteiger partial charge in [0.25, 0.3) is 5.91 Å². The maximum Gasteiger partial charge on any atom is 0.284 e. The van der Waals surface area contributed by atoms with E-state index in [1.54, 1.807) is 25.5 Å². The van der Waals surface area contributed by atoms with Gasteiger partial charge in [0.1, 0.15) is 12.4 Å². The number of rotatable bonds is 4. The minimum Gasteiger partial charge on any atom is -0.496 e. The molecule has 1 aliphatic rings. The Kier molecular flexibility index (Phi) is 5.19. The van der Waals surface area contributed by atoms with E-state index in [0.29, 0.717) is 11.5 Å². The first-order chi connectivity index (χ1) is 11.7. The van der Waals surface area contributed by atoms with Gasteiger partial charge in [0.2, 0.25) is 6.10 Å². The minimum atomic E-state index is -0.729. The molecular formula is C17H15IN2O4. The lowest BCUT2D eigenvalue weighted by molar-refractivity contribution is -0.130. The molecule has 0 aliphatic carbocycles. The van der Waals surface area contributed by atoms with Gasteiger partial charge in [0.05, 0.1) is 16.9 Å². The molecule has 1 aliphatic heterocycles. The Hall–Kier alpha value is -2.29. The van der Waals surface area contributed by atoms with Crippen LogP contribution in [0.4, 0.5) is 0 Å². The van der Waals surface area contributed by atoms with Crippen LogP contribution in [0.5, 0.6) is 17.2 Å². The van der Waals surface area contributed by atoms with Gasteiger partial charge in [-0.2, -0.15) is 5.10 Å². The van der Waals surface area contributed by atoms with Gasteiger partial charge in [-0.15, -0.1) is 0 Å². The van der Waals surface area contributed by atoms with Crippen LogP contribution in [-0.2, 0) is 4.79 Å². The molecule has 2 aromatic rings. The van der Waals surface area contributed by atoms with Crippen molar-refractivity contribution in [3.63, 3.8) is 0 Å². The number of nitrogens with one attached hydrogen (secondary N) is 1. The van der Waals surface area contributed by atoms with Crippen LogP contribution in [0.1, 0.15) is 5.56 Å². The number of ether oxygens (including phenoxy) is 3. The Morgan fingerprint density at radius 2 is 2.12 bits per heavy atom. The third-order valence-electron chi connectivity index (χ3n) is 3.37. The number of benzene rings is 2. The number of para-hydroxylation sites is 2. The van der Waals surface area contributed by atoms with Gasteiger partial charge >= 0.3 is 0 Å². The van der Waals surface area contributed by atoms with E-state index in [1.807, 2.05) is 30.3 Å². The molecular weight excluding hydrogens is 423 g/mol. The predicted molar refractivity (Wildman–Crippen MR) is 97.8 cm³/mol. The quantitative estimate of drug-likeness (QED) is 0.453. The molecule has 6 nitrogen and oxygen atoms in total. The topological polar surface area (TPSA) is 69.2 Å². The summed E-state index contributed by atoms with van der Waals surface area (Å²) in [7, 11) is 1.62. The molecule has 1 amide bonds. The van der Waals surface area contributed by atoms with Gasteiger partial charge < -0.3 is 14.2 Å². The van der Waals surface area contributed by atoms with E-state index in [-0.39, 0.29) is 12.5 Å². The second kappa shape index (κ2) is 7.52. The van der Waals surface area contributed by atoms with Gasteiger partial charge in [-0.25, -0.2) is 5.43 Å². The van der Waals surface area contributed by atoms with Gasteiger partial charge in [-0.3, -0.25) is 4.79 Å². The number of amides is 1. The molecule has 1 unspecified atom stereocenters. The van der Waals surface area contributed by atoms with Crippen LogP contribution in [-0.4, -0.2) is 31.9 Å². The van der Waals surface area contributed by atoms with E-state index in [0.717, 1.165) is 14.9 Å². The second-order valence-corrected chi connectivity index (χ2v) is 6.15. The molecule has 0 aromatic heterocycles. The van der Waals surface area contributed by atoms with Crippen LogP contribution >= 0.6 is 22.6 Å². The van der Waals surface area contributed by atoms with E-state index in [2.05, 4.69) is 33.1 Å². The molecule has 1 N–H and O–H groups in total. The molecule has 3 rings (SSSR count). The first-order valence-corrected chi connectivity index (χ1v) is 8.30. The molecule has 2 aromatic carbocycles. The summed E-state index contributed by atoms with van der Waals surface area (Å²) >= 11 is 2.18. The average molecular weight is 438 g/mol. The fourth-order valence-corrected chi connectivity index (χ4v) is 2.91. The standard InChI is InChI=1S/C17H15IN2O4/c1-22-13-7-6-11(8-12(13)18)9-19-20-17(21)16-10-23-14-4-2-3-5-15(14)24-16/h2-9,16H,10H2,1H3,(H,20,21)/b19-9+. The number of halogens is 1. The van der Waals surface area contributed by atoms with Gasteiger partial charge in [-0.05, 0) is 58.5 Å². The largest absolute Gasteiger partial charge is 0.496 e. The number of nitrogens with zero attached hydrogens (tertiary/aromatic N) is 1. The van der Waals surface area contributed by atoms with Gasteiger partial charge in [-0.1, -0.05) is 12.1 Å². The summed E-state index contributed by atoms with van der Waals surface area (Å²) in [4.78, 5) is 12.1. The van der Waals surface area contributed by atoms with E-state index in [9.17, 15) is 4.79 Å². The summed E-state index contributed by atoms with van der Waals surface area (Å²) in [5.74, 6) is 1.63. The lowest BCUT2D eigenvalue weighted by atomic mass is 10.2. The molecule has 1 atom stereocenters. The second-order valence-electron chi connectivity index (χ2n) is 4.99. The van der Waals surface area contributed by atoms with Crippen molar-refractivity contribution >= 4 is 34.7 Å². The summed E-state index contributed by atoms with van der Waals surface area (Å²) < 4.78 is 17.3. The zero-order chi connectivity index (χ0) is 16.9. The van der Waals surface area contributed by atoms with Crippen molar-refractivity contribution in [3.05, 3.63) is 51.6 Å². The summed E-state index contributed by atoms with van der Waals surface area (Å²) in [6.07, 6.45) is 0.838. The number of hydrazone groups is 1. The highest BCUT2D eigenvalue weighted by molar-refractivity contribution is 14.1. The average Bonchev–Trinajstić information content (AvgIpc) is 2.61. The monoisotopic (exact) mass is 438 g/mol. The highest BCUT2D eigenvalue weighted by Crippen LogP contribution is 2.30. The van der Waals surface area contributed by atoms with Crippen LogP contribution in [0.2, 0.25) is 0 Å². The van der Waals surface area contributed by atoms with Crippen molar-refractivity contribution in [3.8, 4) is 17.2 Å². The lowest BCUT2D eigenvalue weighted by Crippen LogP contribution is -2.42. The number of fused-ring (bicyclic) bond motifs is 1. The number of carbonyl (C=O) groups is 1. The fourth-order valence-electron chi connectivity index (χ4n) is 2.15. The maximum absolute atomic E-state index is 12.1. The van der Waals surface area contributed by atoms with Gasteiger partial charge in [0, 0.05) is 0 Å². The van der Waals surface area contributed by atoms with Crippen molar-refractivity contribution in [2.45, 2.75) is 6.10 Å². The van der Waals surface area contributed by atoms with Crippen molar-refractivity contribution in [1.82, 2.24) is 5.43 Å². The minimum absolute atomic E-state index is 0.152. The molecule has 0 spiro atoms. The zero-order valence-corrected chi connectivity index (χ0v) is 15.0. The Labute approximate surface area is 152 Å². The first kappa shape index (κ1) is 16.6. The molecule has 124 valence electrons. The summed E-state index contributed by atoms with van der Waals surface area (Å²) in [6.45, 7) is 0.152. The van der Waals surface area contributed by atoms with Crippen molar-refractivity contribution in [1.29, 1.82) is 0 Å². The number of hydrogen-bond acceptors (Lipinski definition) is 5. The van der Waals surface area contributed by atoms with Crippen LogP contribution in [0.15, 0.2) is 47.6 Å². The Morgan fingerprint density at radius 3 is 2.88 bits per heavy atom. The summed E-state index contributed by atoms with van der Waals surface area (Å²) in [5.41, 5.74) is 3.32. The smallest absolute Gasteiger partial charge is 0.284 e. The molecule has 0 bridgehead atoms. The molecule has 24 heavy (non-hydrogen) atoms. The third-order valence-corrected chi connectivity index (χ3v) is 4.21. The van der Waals surface area contributed by atoms with E-state index >= 15 is 0 Å². The van der Waals surface area contributed by atoms with Crippen LogP contribution in [0.25, 0.3) is 0 Å². The Balaban J connectivity index is 1.59. The highest BCUT2D eigenvalue weighted by atomic mass is 127. The van der Waals surface area contributed by atoms with E-state index in [4.69, 9.17) is 14.2 Å². The highest BCUT2D eigenvalue weighted by Gasteiger charge is 2.26. The summed E-state index contributed by atoms with van der Waals surface area (Å²) in [6, 6.07) is 12.8. The SMILES string of the molecule is COc1ccc(/C=N/NC(=O)C2COc3ccccc3O2)cc1I. The first-order valence-electron chi connectivity index (χ1n) is 7.22.